The van der Waals surface area contributed by atoms with Gasteiger partial charge in [-0.15, -0.1) is 0 Å². The number of rotatable bonds is 3. The molecule has 1 aliphatic heterocycles. The maximum atomic E-state index is 13.7. The van der Waals surface area contributed by atoms with Crippen LogP contribution in [0.25, 0.3) is 0 Å². The van der Waals surface area contributed by atoms with Gasteiger partial charge in [0.2, 0.25) is 5.91 Å². The molecule has 5 rings (SSSR count). The van der Waals surface area contributed by atoms with Crippen LogP contribution in [0, 0.1) is 34.5 Å². The summed E-state index contributed by atoms with van der Waals surface area (Å²) < 4.78 is 0. The molecule has 1 saturated heterocycles. The first kappa shape index (κ1) is 27.6. The number of amides is 1. The summed E-state index contributed by atoms with van der Waals surface area (Å²) in [5, 5.41) is 21.2. The molecule has 38 heavy (non-hydrogen) atoms. The van der Waals surface area contributed by atoms with Gasteiger partial charge in [-0.05, 0) is 103 Å². The molecule has 3 aliphatic carbocycles. The van der Waals surface area contributed by atoms with Crippen LogP contribution in [0.4, 0.5) is 0 Å². The van der Waals surface area contributed by atoms with E-state index in [0.717, 1.165) is 63.6 Å². The van der Waals surface area contributed by atoms with Gasteiger partial charge >= 0.3 is 0 Å². The van der Waals surface area contributed by atoms with Gasteiger partial charge in [-0.2, -0.15) is 0 Å². The fourth-order valence-electron chi connectivity index (χ4n) is 9.70. The van der Waals surface area contributed by atoms with Gasteiger partial charge in [0.1, 0.15) is 0 Å². The van der Waals surface area contributed by atoms with E-state index in [2.05, 4.69) is 66.4 Å². The topological polar surface area (TPSA) is 60.8 Å². The van der Waals surface area contributed by atoms with Crippen LogP contribution in [0.2, 0.25) is 0 Å². The molecule has 1 aromatic rings. The molecule has 0 spiro atoms. The minimum atomic E-state index is -0.379. The third-order valence-corrected chi connectivity index (χ3v) is 12.3. The number of fused-ring (bicyclic) bond motifs is 5. The van der Waals surface area contributed by atoms with Crippen LogP contribution >= 0.6 is 0 Å². The number of nitrogens with zero attached hydrogens (tertiary/aromatic N) is 1. The third kappa shape index (κ3) is 3.64. The maximum Gasteiger partial charge on any atom is 0.228 e. The lowest BCUT2D eigenvalue weighted by molar-refractivity contribution is -0.151. The van der Waals surface area contributed by atoms with Crippen molar-refractivity contribution >= 4 is 5.91 Å². The van der Waals surface area contributed by atoms with Crippen LogP contribution in [0.5, 0.6) is 11.5 Å². The second-order valence-corrected chi connectivity index (χ2v) is 15.4. The smallest absolute Gasteiger partial charge is 0.228 e. The largest absolute Gasteiger partial charge is 0.504 e. The number of hydrogen-bond donors (Lipinski definition) is 2. The van der Waals surface area contributed by atoms with Crippen molar-refractivity contribution < 1.29 is 15.0 Å². The summed E-state index contributed by atoms with van der Waals surface area (Å²) >= 11 is 0. The van der Waals surface area contributed by atoms with Gasteiger partial charge < -0.3 is 15.1 Å². The number of allylic oxidation sites excluding steroid dienone is 2. The van der Waals surface area contributed by atoms with Crippen LogP contribution in [-0.2, 0) is 10.2 Å². The first-order valence-electron chi connectivity index (χ1n) is 15.1. The Morgan fingerprint density at radius 1 is 1.03 bits per heavy atom. The predicted molar refractivity (Wildman–Crippen MR) is 155 cm³/mol. The molecule has 4 aliphatic rings. The van der Waals surface area contributed by atoms with Gasteiger partial charge in [-0.25, -0.2) is 0 Å². The normalized spacial score (nSPS) is 36.2. The molecule has 1 unspecified atom stereocenters. The molecule has 2 saturated carbocycles. The molecule has 0 aromatic heterocycles. The lowest BCUT2D eigenvalue weighted by Gasteiger charge is -2.68. The Bertz CT molecular complexity index is 1190. The molecule has 0 bridgehead atoms. The molecule has 1 aromatic carbocycles. The lowest BCUT2D eigenvalue weighted by atomic mass is 9.36. The van der Waals surface area contributed by atoms with Crippen molar-refractivity contribution in [3.63, 3.8) is 0 Å². The number of carbonyl (C=O) groups excluding carboxylic acids is 1. The van der Waals surface area contributed by atoms with Crippen molar-refractivity contribution in [3.8, 4) is 11.5 Å². The van der Waals surface area contributed by atoms with E-state index in [1.54, 1.807) is 0 Å². The zero-order chi connectivity index (χ0) is 28.1. The standard InChI is InChI=1S/C34H51NO3/c1-21-18-25-32(7,23-19-24(36)28(37)22(2)27(21)23)13-15-34(9)26(30(3,4)12-14-33(25,34)8)20-31(5,6)29(38)35-16-10-11-17-35/h18-19,21,26,36-37H,10-17,20H2,1-9H3/t21?,26-,32+,33-,34+/m1/s1. The molecule has 5 atom stereocenters. The van der Waals surface area contributed by atoms with Gasteiger partial charge in [0.05, 0.1) is 0 Å². The van der Waals surface area contributed by atoms with Crippen LogP contribution < -0.4 is 0 Å². The third-order valence-electron chi connectivity index (χ3n) is 12.3. The van der Waals surface area contributed by atoms with Gasteiger partial charge in [0, 0.05) is 23.9 Å². The van der Waals surface area contributed by atoms with E-state index in [0.29, 0.717) is 11.8 Å². The number of likely N-dealkylation sites (tertiary alicyclic amines) is 1. The van der Waals surface area contributed by atoms with Gasteiger partial charge in [-0.1, -0.05) is 67.0 Å². The number of phenols is 2. The Kier molecular flexibility index (Phi) is 6.18. The highest BCUT2D eigenvalue weighted by molar-refractivity contribution is 5.82. The number of benzene rings is 1. The second kappa shape index (κ2) is 8.51. The number of hydrogen-bond acceptors (Lipinski definition) is 3. The van der Waals surface area contributed by atoms with E-state index in [-0.39, 0.29) is 44.5 Å². The fourth-order valence-corrected chi connectivity index (χ4v) is 9.70. The summed E-state index contributed by atoms with van der Waals surface area (Å²) in [5.74, 6) is 0.965. The molecular weight excluding hydrogens is 470 g/mol. The van der Waals surface area contributed by atoms with E-state index < -0.39 is 0 Å². The molecule has 2 N–H and O–H groups in total. The lowest BCUT2D eigenvalue weighted by Crippen LogP contribution is -2.61. The Labute approximate surface area is 230 Å². The van der Waals surface area contributed by atoms with E-state index in [1.165, 1.54) is 16.7 Å². The monoisotopic (exact) mass is 521 g/mol. The molecule has 3 fully saturated rings. The Hall–Kier alpha value is -1.97. The van der Waals surface area contributed by atoms with Crippen LogP contribution in [0.15, 0.2) is 17.7 Å². The minimum Gasteiger partial charge on any atom is -0.504 e. The fraction of sp³-hybridized carbons (Fsp3) is 0.735. The summed E-state index contributed by atoms with van der Waals surface area (Å²) in [6, 6.07) is 1.86. The van der Waals surface area contributed by atoms with Crippen molar-refractivity contribution in [2.45, 2.75) is 119 Å². The Morgan fingerprint density at radius 2 is 1.66 bits per heavy atom. The highest BCUT2D eigenvalue weighted by Crippen LogP contribution is 2.73. The molecule has 1 amide bonds. The summed E-state index contributed by atoms with van der Waals surface area (Å²) in [7, 11) is 0. The number of aromatic hydroxyl groups is 2. The molecule has 210 valence electrons. The van der Waals surface area contributed by atoms with E-state index in [1.807, 2.05) is 13.0 Å². The maximum absolute atomic E-state index is 13.7. The summed E-state index contributed by atoms with van der Waals surface area (Å²) in [6.07, 6.45) is 10.1. The highest BCUT2D eigenvalue weighted by Gasteiger charge is 2.65. The first-order chi connectivity index (χ1) is 17.5. The minimum absolute atomic E-state index is 0.000316. The molecule has 4 nitrogen and oxygen atoms in total. The average Bonchev–Trinajstić information content (AvgIpc) is 3.38. The van der Waals surface area contributed by atoms with Crippen molar-refractivity contribution in [1.29, 1.82) is 0 Å². The molecular formula is C34H51NO3. The highest BCUT2D eigenvalue weighted by atomic mass is 16.3. The molecule has 0 radical (unpaired) electrons. The van der Waals surface area contributed by atoms with Crippen LogP contribution in [0.3, 0.4) is 0 Å². The predicted octanol–water partition coefficient (Wildman–Crippen LogP) is 7.99. The van der Waals surface area contributed by atoms with Crippen molar-refractivity contribution in [2.75, 3.05) is 13.1 Å². The molecule has 4 heteroatoms. The Morgan fingerprint density at radius 3 is 2.29 bits per heavy atom. The second-order valence-electron chi connectivity index (χ2n) is 15.4. The Balaban J connectivity index is 1.59. The number of carbonyl (C=O) groups is 1. The molecule has 1 heterocycles. The van der Waals surface area contributed by atoms with Gasteiger partial charge in [-0.3, -0.25) is 4.79 Å². The van der Waals surface area contributed by atoms with E-state index in [9.17, 15) is 15.0 Å². The van der Waals surface area contributed by atoms with Gasteiger partial charge in [0.25, 0.3) is 0 Å². The van der Waals surface area contributed by atoms with E-state index >= 15 is 0 Å². The van der Waals surface area contributed by atoms with Crippen LogP contribution in [0.1, 0.15) is 123 Å². The van der Waals surface area contributed by atoms with E-state index in [4.69, 9.17) is 0 Å². The zero-order valence-corrected chi connectivity index (χ0v) is 25.4. The first-order valence-corrected chi connectivity index (χ1v) is 15.1. The summed E-state index contributed by atoms with van der Waals surface area (Å²) in [4.78, 5) is 15.8. The van der Waals surface area contributed by atoms with Crippen LogP contribution in [-0.4, -0.2) is 34.1 Å². The van der Waals surface area contributed by atoms with Gasteiger partial charge in [0.15, 0.2) is 11.5 Å². The zero-order valence-electron chi connectivity index (χ0n) is 25.4. The summed E-state index contributed by atoms with van der Waals surface area (Å²) in [5.41, 5.74) is 4.39. The quantitative estimate of drug-likeness (QED) is 0.313. The van der Waals surface area contributed by atoms with Crippen molar-refractivity contribution in [1.82, 2.24) is 4.90 Å². The SMILES string of the molecule is Cc1c(O)c(O)cc2c1C(C)C=C1[C@@]2(C)CC[C@@]2(C)[C@H](CC(C)(C)C(=O)N3CCCC3)C(C)(C)CC[C@]12C. The average molecular weight is 522 g/mol. The number of phenolic OH excluding ortho intramolecular Hbond substituents is 2. The van der Waals surface area contributed by atoms with Crippen molar-refractivity contribution in [3.05, 3.63) is 34.4 Å². The summed E-state index contributed by atoms with van der Waals surface area (Å²) in [6.45, 7) is 22.7. The van der Waals surface area contributed by atoms with Crippen molar-refractivity contribution in [2.24, 2.45) is 27.6 Å².